The molecule has 1 amide bonds. The molecule has 1 aliphatic carbocycles. The van der Waals surface area contributed by atoms with E-state index in [2.05, 4.69) is 5.32 Å². The number of amides is 1. The van der Waals surface area contributed by atoms with Crippen molar-refractivity contribution in [2.24, 2.45) is 11.8 Å². The summed E-state index contributed by atoms with van der Waals surface area (Å²) < 4.78 is 5.09. The molecule has 8 heteroatoms. The van der Waals surface area contributed by atoms with Gasteiger partial charge in [-0.1, -0.05) is 32.0 Å². The van der Waals surface area contributed by atoms with Crippen LogP contribution in [0.5, 0.6) is 0 Å². The van der Waals surface area contributed by atoms with Gasteiger partial charge in [-0.05, 0) is 54.8 Å². The van der Waals surface area contributed by atoms with Gasteiger partial charge in [0.05, 0.1) is 31.2 Å². The number of carbonyl (C=O) groups excluding carboxylic acids is 2. The zero-order valence-corrected chi connectivity index (χ0v) is 20.2. The van der Waals surface area contributed by atoms with E-state index in [1.54, 1.807) is 11.8 Å². The minimum atomic E-state index is -0.768. The molecule has 35 heavy (non-hydrogen) atoms. The van der Waals surface area contributed by atoms with Crippen molar-refractivity contribution < 1.29 is 24.5 Å². The van der Waals surface area contributed by atoms with Crippen LogP contribution in [0.2, 0.25) is 0 Å². The van der Waals surface area contributed by atoms with Crippen molar-refractivity contribution >= 4 is 41.0 Å². The van der Waals surface area contributed by atoms with Gasteiger partial charge in [0.1, 0.15) is 5.70 Å². The van der Waals surface area contributed by atoms with Gasteiger partial charge in [0.2, 0.25) is 5.91 Å². The van der Waals surface area contributed by atoms with Crippen LogP contribution in [0.1, 0.15) is 39.2 Å². The van der Waals surface area contributed by atoms with Crippen molar-refractivity contribution in [3.63, 3.8) is 0 Å². The molecule has 5 atom stereocenters. The van der Waals surface area contributed by atoms with Crippen LogP contribution in [0.4, 0.5) is 5.69 Å². The van der Waals surface area contributed by atoms with Crippen LogP contribution >= 0.6 is 12.6 Å². The molecule has 3 N–H and O–H groups in total. The van der Waals surface area contributed by atoms with Crippen molar-refractivity contribution in [2.45, 2.75) is 63.1 Å². The Balaban J connectivity index is 0.00000289. The first-order valence-electron chi connectivity index (χ1n) is 11.8. The second kappa shape index (κ2) is 9.84. The number of benzene rings is 2. The third-order valence-electron chi connectivity index (χ3n) is 7.62. The smallest absolute Gasteiger partial charge is 0.354 e. The van der Waals surface area contributed by atoms with Crippen LogP contribution in [-0.4, -0.2) is 58.9 Å². The molecule has 188 valence electrons. The maximum Gasteiger partial charge on any atom is 0.354 e. The number of carbonyl (C=O) groups is 2. The van der Waals surface area contributed by atoms with Gasteiger partial charge in [0.15, 0.2) is 0 Å². The first-order valence-corrected chi connectivity index (χ1v) is 12.3. The number of aliphatic hydroxyl groups excluding tert-OH is 2. The molecule has 7 nitrogen and oxygen atoms in total. The second-order valence-corrected chi connectivity index (χ2v) is 9.92. The van der Waals surface area contributed by atoms with Gasteiger partial charge in [0, 0.05) is 28.5 Å². The summed E-state index contributed by atoms with van der Waals surface area (Å²) in [5.41, 5.74) is 3.19. The van der Waals surface area contributed by atoms with Crippen molar-refractivity contribution in [1.29, 1.82) is 0 Å². The number of thiol groups is 1. The summed E-state index contributed by atoms with van der Waals surface area (Å²) in [6, 6.07) is 9.58. The molecule has 0 radical (unpaired) electrons. The molecule has 0 aromatic heterocycles. The number of methoxy groups -OCH3 is 1. The zero-order valence-electron chi connectivity index (χ0n) is 19.3. The summed E-state index contributed by atoms with van der Waals surface area (Å²) in [5.74, 6) is -1.21. The topological polar surface area (TPSA) is 99.1 Å². The second-order valence-electron chi connectivity index (χ2n) is 9.44. The molecule has 5 rings (SSSR count). The van der Waals surface area contributed by atoms with E-state index in [1.807, 2.05) is 30.3 Å². The van der Waals surface area contributed by atoms with Crippen LogP contribution in [0, 0.1) is 11.8 Å². The van der Waals surface area contributed by atoms with Crippen molar-refractivity contribution in [1.82, 2.24) is 4.90 Å². The number of β-lactam (4-membered cyclic amide) rings is 1. The number of rotatable bonds is 6. The lowest BCUT2D eigenvalue weighted by molar-refractivity contribution is -0.164. The molecule has 3 aliphatic rings. The molecular weight excluding hydrogens is 464 g/mol. The fraction of sp³-hybridized carbons (Fsp3) is 0.481. The Bertz CT molecular complexity index is 1190. The highest BCUT2D eigenvalue weighted by Gasteiger charge is 2.62. The summed E-state index contributed by atoms with van der Waals surface area (Å²) in [6.45, 7) is 1.70. The molecule has 2 fully saturated rings. The third-order valence-corrected chi connectivity index (χ3v) is 7.99. The lowest BCUT2D eigenvalue weighted by atomic mass is 9.71. The molecule has 0 bridgehead atoms. The first-order chi connectivity index (χ1) is 16.4. The summed E-state index contributed by atoms with van der Waals surface area (Å²) in [7, 11) is 1.33. The molecule has 2 aromatic rings. The number of nitrogens with zero attached hydrogens (tertiary/aromatic N) is 1. The number of nitrogens with one attached hydrogen (secondary N) is 1. The monoisotopic (exact) mass is 498 g/mol. The number of ether oxygens (including phenoxy) is 1. The number of fused-ring (bicyclic) bond motifs is 4. The molecule has 2 aromatic carbocycles. The Morgan fingerprint density at radius 3 is 2.74 bits per heavy atom. The van der Waals surface area contributed by atoms with Gasteiger partial charge in [-0.2, -0.15) is 0 Å². The van der Waals surface area contributed by atoms with Crippen molar-refractivity contribution in [2.75, 3.05) is 19.0 Å². The van der Waals surface area contributed by atoms with Gasteiger partial charge in [-0.3, -0.25) is 4.79 Å². The predicted octanol–water partition coefficient (Wildman–Crippen LogP) is 3.53. The molecule has 2 heterocycles. The number of aliphatic hydroxyl groups is 2. The van der Waals surface area contributed by atoms with E-state index in [4.69, 9.17) is 17.4 Å². The molecule has 5 unspecified atom stereocenters. The summed E-state index contributed by atoms with van der Waals surface area (Å²) in [5, 5.41) is 25.4. The lowest BCUT2D eigenvalue weighted by Gasteiger charge is -2.47. The fourth-order valence-electron chi connectivity index (χ4n) is 6.22. The van der Waals surface area contributed by atoms with E-state index >= 15 is 0 Å². The Morgan fingerprint density at radius 1 is 1.29 bits per heavy atom. The zero-order chi connectivity index (χ0) is 24.1. The summed E-state index contributed by atoms with van der Waals surface area (Å²) in [6.07, 6.45) is 2.40. The van der Waals surface area contributed by atoms with Crippen molar-refractivity contribution in [3.05, 3.63) is 47.2 Å². The van der Waals surface area contributed by atoms with E-state index in [0.717, 1.165) is 51.8 Å². The van der Waals surface area contributed by atoms with Crippen LogP contribution in [0.25, 0.3) is 10.8 Å². The first kappa shape index (κ1) is 25.5. The SMILES string of the molecule is C.COC(=O)C1=C2C(Nc3cccc4c(CCO)ccc(S)c34)CCCC2C2C(C(C)O)C(=O)N12. The molecular formula is C27H34N2O5S. The Kier molecular flexibility index (Phi) is 7.18. The third kappa shape index (κ3) is 3.92. The van der Waals surface area contributed by atoms with Crippen molar-refractivity contribution in [3.8, 4) is 0 Å². The van der Waals surface area contributed by atoms with Gasteiger partial charge in [-0.15, -0.1) is 12.6 Å². The van der Waals surface area contributed by atoms with Crippen LogP contribution in [0.3, 0.4) is 0 Å². The van der Waals surface area contributed by atoms with Gasteiger partial charge >= 0.3 is 5.97 Å². The Hall–Kier alpha value is -2.55. The lowest BCUT2D eigenvalue weighted by Crippen LogP contribution is -2.64. The average molecular weight is 499 g/mol. The average Bonchev–Trinajstić information content (AvgIpc) is 3.11. The Morgan fingerprint density at radius 2 is 2.06 bits per heavy atom. The maximum atomic E-state index is 12.9. The van der Waals surface area contributed by atoms with E-state index in [1.165, 1.54) is 7.11 Å². The minimum Gasteiger partial charge on any atom is -0.464 e. The summed E-state index contributed by atoms with van der Waals surface area (Å²) >= 11 is 4.71. The summed E-state index contributed by atoms with van der Waals surface area (Å²) in [4.78, 5) is 28.2. The molecule has 1 saturated carbocycles. The number of hydrogen-bond acceptors (Lipinski definition) is 7. The van der Waals surface area contributed by atoms with Gasteiger partial charge in [0.25, 0.3) is 0 Å². The number of anilines is 1. The quantitative estimate of drug-likeness (QED) is 0.276. The van der Waals surface area contributed by atoms with E-state index in [-0.39, 0.29) is 37.9 Å². The van der Waals surface area contributed by atoms with E-state index in [9.17, 15) is 19.8 Å². The van der Waals surface area contributed by atoms with Gasteiger partial charge in [-0.25, -0.2) is 4.79 Å². The number of esters is 1. The van der Waals surface area contributed by atoms with Gasteiger partial charge < -0.3 is 25.2 Å². The standard InChI is InChI=1S/C26H30N2O5S.CH4/c1-13(30)20-23-16-6-4-8-18(22(16)24(26(32)33-2)28(23)25(20)31)27-17-7-3-5-15-14(11-12-29)9-10-19(34)21(15)17;/h3,5,7,9-10,13,16,18,20,23,27,29-30,34H,4,6,8,11-12H2,1-2H3;1H4. The largest absolute Gasteiger partial charge is 0.464 e. The van der Waals surface area contributed by atoms with Crippen LogP contribution < -0.4 is 5.32 Å². The Labute approximate surface area is 211 Å². The minimum absolute atomic E-state index is 0. The normalized spacial score (nSPS) is 26.0. The fourth-order valence-corrected chi connectivity index (χ4v) is 6.53. The number of hydrogen-bond donors (Lipinski definition) is 4. The van der Waals surface area contributed by atoms with Crippen LogP contribution in [-0.2, 0) is 20.7 Å². The highest BCUT2D eigenvalue weighted by molar-refractivity contribution is 7.80. The molecule has 2 aliphatic heterocycles. The van der Waals surface area contributed by atoms with E-state index in [0.29, 0.717) is 12.1 Å². The van der Waals surface area contributed by atoms with E-state index < -0.39 is 18.0 Å². The predicted molar refractivity (Wildman–Crippen MR) is 138 cm³/mol. The highest BCUT2D eigenvalue weighted by atomic mass is 32.1. The highest BCUT2D eigenvalue weighted by Crippen LogP contribution is 2.53. The molecule has 0 spiro atoms. The maximum absolute atomic E-state index is 12.9. The molecule has 1 saturated heterocycles. The van der Waals surface area contributed by atoms with Crippen LogP contribution in [0.15, 0.2) is 46.5 Å².